The minimum absolute atomic E-state index is 0.284. The molecular weight excluding hydrogens is 503 g/mol. The number of nitrogens with one attached hydrogen (secondary N) is 2. The second-order valence-corrected chi connectivity index (χ2v) is 10.3. The number of aryl methyl sites for hydroxylation is 1. The Morgan fingerprint density at radius 3 is 2.61 bits per heavy atom. The summed E-state index contributed by atoms with van der Waals surface area (Å²) >= 11 is -1.72. The van der Waals surface area contributed by atoms with Gasteiger partial charge in [-0.25, -0.2) is 9.37 Å². The van der Waals surface area contributed by atoms with E-state index in [1.807, 2.05) is 43.2 Å². The highest BCUT2D eigenvalue weighted by molar-refractivity contribution is 7.92. The Kier molecular flexibility index (Phi) is 7.23. The molecule has 194 valence electrons. The molecule has 0 aliphatic heterocycles. The van der Waals surface area contributed by atoms with E-state index in [0.29, 0.717) is 33.2 Å². The van der Waals surface area contributed by atoms with Crippen molar-refractivity contribution in [2.24, 2.45) is 0 Å². The van der Waals surface area contributed by atoms with Crippen molar-refractivity contribution in [3.63, 3.8) is 0 Å². The molecule has 0 bridgehead atoms. The van der Waals surface area contributed by atoms with E-state index in [9.17, 15) is 8.94 Å². The van der Waals surface area contributed by atoms with Gasteiger partial charge >= 0.3 is 0 Å². The quantitative estimate of drug-likeness (QED) is 0.216. The average molecular weight is 531 g/mol. The number of halogens is 1. The standard InChI is InChI=1S/C27H27FN8OS/c1-18-4-5-19(10-23(18)28)20-6-7-26-31-15-27(36(26)17-20)38(37)33-24-11-21(13-30-25(24)12-29)22-14-32-35(16-22)9-8-34(2)3/h4-7,10-17,29,33H,8-9H2,1-3H3. The average Bonchev–Trinajstić information content (AvgIpc) is 3.56. The van der Waals surface area contributed by atoms with Gasteiger partial charge in [0.2, 0.25) is 0 Å². The number of hydrogen-bond donors (Lipinski definition) is 2. The van der Waals surface area contributed by atoms with Crippen LogP contribution in [-0.2, 0) is 17.9 Å². The molecule has 11 heteroatoms. The first kappa shape index (κ1) is 25.6. The first-order chi connectivity index (χ1) is 18.3. The van der Waals surface area contributed by atoms with Gasteiger partial charge in [0.1, 0.15) is 40.4 Å². The number of nitrogens with zero attached hydrogens (tertiary/aromatic N) is 6. The zero-order valence-electron chi connectivity index (χ0n) is 21.2. The lowest BCUT2D eigenvalue weighted by Crippen LogP contribution is -2.18. The van der Waals surface area contributed by atoms with Crippen molar-refractivity contribution in [1.29, 1.82) is 5.41 Å². The van der Waals surface area contributed by atoms with Crippen LogP contribution in [0, 0.1) is 18.2 Å². The van der Waals surface area contributed by atoms with Crippen LogP contribution in [0.25, 0.3) is 27.9 Å². The third-order valence-electron chi connectivity index (χ3n) is 6.17. The summed E-state index contributed by atoms with van der Waals surface area (Å²) in [5.74, 6) is -0.284. The fraction of sp³-hybridized carbons (Fsp3) is 0.185. The highest BCUT2D eigenvalue weighted by Crippen LogP contribution is 2.27. The van der Waals surface area contributed by atoms with Gasteiger partial charge in [0, 0.05) is 42.5 Å². The number of benzene rings is 1. The van der Waals surface area contributed by atoms with Crippen molar-refractivity contribution in [1.82, 2.24) is 29.0 Å². The van der Waals surface area contributed by atoms with Crippen LogP contribution < -0.4 is 4.72 Å². The fourth-order valence-corrected chi connectivity index (χ4v) is 4.90. The molecule has 1 aromatic carbocycles. The van der Waals surface area contributed by atoms with Crippen LogP contribution in [-0.4, -0.2) is 60.5 Å². The highest BCUT2D eigenvalue weighted by Gasteiger charge is 2.21. The summed E-state index contributed by atoms with van der Waals surface area (Å²) < 4.78 is 34.2. The first-order valence-electron chi connectivity index (χ1n) is 11.9. The third kappa shape index (κ3) is 5.30. The van der Waals surface area contributed by atoms with Gasteiger partial charge in [-0.3, -0.25) is 14.1 Å². The maximum Gasteiger partial charge on any atom is 0.276 e. The molecule has 2 N–H and O–H groups in total. The molecule has 0 fully saturated rings. The molecule has 1 unspecified atom stereocenters. The van der Waals surface area contributed by atoms with Crippen LogP contribution in [0.2, 0.25) is 0 Å². The summed E-state index contributed by atoms with van der Waals surface area (Å²) in [5.41, 5.74) is 5.11. The molecule has 0 aliphatic carbocycles. The highest BCUT2D eigenvalue weighted by atomic mass is 32.2. The second kappa shape index (κ2) is 10.7. The Hall–Kier alpha value is -4.06. The summed E-state index contributed by atoms with van der Waals surface area (Å²) in [6.07, 6.45) is 9.80. The number of hydrogen-bond acceptors (Lipinski definition) is 7. The lowest BCUT2D eigenvalue weighted by molar-refractivity contribution is 0.373. The molecule has 0 radical (unpaired) electrons. The van der Waals surface area contributed by atoms with Crippen LogP contribution in [0.1, 0.15) is 11.3 Å². The number of anilines is 1. The van der Waals surface area contributed by atoms with Crippen LogP contribution in [0.15, 0.2) is 72.4 Å². The van der Waals surface area contributed by atoms with Crippen LogP contribution in [0.4, 0.5) is 10.1 Å². The predicted molar refractivity (Wildman–Crippen MR) is 147 cm³/mol. The van der Waals surface area contributed by atoms with Crippen LogP contribution >= 0.6 is 0 Å². The zero-order valence-corrected chi connectivity index (χ0v) is 22.0. The molecule has 9 nitrogen and oxygen atoms in total. The van der Waals surface area contributed by atoms with Crippen molar-refractivity contribution < 1.29 is 8.94 Å². The van der Waals surface area contributed by atoms with Gasteiger partial charge in [0.15, 0.2) is 0 Å². The first-order valence-corrected chi connectivity index (χ1v) is 13.1. The lowest BCUT2D eigenvalue weighted by atomic mass is 10.1. The molecule has 38 heavy (non-hydrogen) atoms. The molecule has 4 heterocycles. The van der Waals surface area contributed by atoms with E-state index in [1.165, 1.54) is 12.3 Å². The van der Waals surface area contributed by atoms with Crippen molar-refractivity contribution in [2.75, 3.05) is 25.4 Å². The van der Waals surface area contributed by atoms with Crippen molar-refractivity contribution in [2.45, 2.75) is 18.5 Å². The van der Waals surface area contributed by atoms with Gasteiger partial charge in [0.05, 0.1) is 12.7 Å². The normalized spacial score (nSPS) is 12.3. The van der Waals surface area contributed by atoms with E-state index in [2.05, 4.69) is 24.7 Å². The molecule has 5 rings (SSSR count). The molecule has 4 aromatic heterocycles. The van der Waals surface area contributed by atoms with E-state index >= 15 is 0 Å². The number of pyridine rings is 2. The lowest BCUT2D eigenvalue weighted by Gasteiger charge is -2.13. The number of aromatic nitrogens is 5. The van der Waals surface area contributed by atoms with Gasteiger partial charge in [-0.2, -0.15) is 9.82 Å². The molecular formula is C27H27FN8OS. The van der Waals surface area contributed by atoms with Crippen molar-refractivity contribution in [3.8, 4) is 22.3 Å². The minimum Gasteiger partial charge on any atom is -0.587 e. The van der Waals surface area contributed by atoms with E-state index in [0.717, 1.165) is 36.0 Å². The third-order valence-corrected chi connectivity index (χ3v) is 7.25. The Labute approximate surface area is 222 Å². The summed E-state index contributed by atoms with van der Waals surface area (Å²) in [7, 11) is 4.02. The smallest absolute Gasteiger partial charge is 0.276 e. The monoisotopic (exact) mass is 530 g/mol. The van der Waals surface area contributed by atoms with E-state index < -0.39 is 11.4 Å². The molecule has 0 amide bonds. The van der Waals surface area contributed by atoms with Gasteiger partial charge in [-0.05, 0) is 62.0 Å². The molecule has 0 spiro atoms. The molecule has 1 atom stereocenters. The molecule has 0 aliphatic rings. The summed E-state index contributed by atoms with van der Waals surface area (Å²) in [4.78, 5) is 10.8. The number of likely N-dealkylation sites (N-methyl/N-ethyl adjacent to an activating group) is 1. The maximum atomic E-state index is 14.2. The number of rotatable bonds is 9. The van der Waals surface area contributed by atoms with Crippen molar-refractivity contribution in [3.05, 3.63) is 84.5 Å². The fourth-order valence-electron chi connectivity index (χ4n) is 3.96. The Morgan fingerprint density at radius 1 is 1.03 bits per heavy atom. The SMILES string of the molecule is Cc1ccc(-c2ccc3ncc([S+]([O-])Nc4cc(-c5cnn(CCN(C)C)c5)cnc4C=N)n3c2)cc1F. The Balaban J connectivity index is 1.43. The van der Waals surface area contributed by atoms with E-state index in [1.54, 1.807) is 42.0 Å². The second-order valence-electron chi connectivity index (χ2n) is 9.17. The minimum atomic E-state index is -1.72. The van der Waals surface area contributed by atoms with Crippen LogP contribution in [0.3, 0.4) is 0 Å². The Bertz CT molecular complexity index is 1610. The topological polar surface area (TPSA) is 110 Å². The number of fused-ring (bicyclic) bond motifs is 1. The summed E-state index contributed by atoms with van der Waals surface area (Å²) in [6, 6.07) is 10.5. The summed E-state index contributed by atoms with van der Waals surface area (Å²) in [6.45, 7) is 3.33. The Morgan fingerprint density at radius 2 is 1.84 bits per heavy atom. The summed E-state index contributed by atoms with van der Waals surface area (Å²) in [5, 5.41) is 12.6. The van der Waals surface area contributed by atoms with Crippen LogP contribution in [0.5, 0.6) is 0 Å². The van der Waals surface area contributed by atoms with E-state index in [-0.39, 0.29) is 5.82 Å². The van der Waals surface area contributed by atoms with Gasteiger partial charge < -0.3 is 14.9 Å². The molecule has 0 saturated carbocycles. The van der Waals surface area contributed by atoms with Crippen molar-refractivity contribution >= 4 is 28.9 Å². The predicted octanol–water partition coefficient (Wildman–Crippen LogP) is 4.40. The van der Waals surface area contributed by atoms with Gasteiger partial charge in [-0.15, -0.1) is 0 Å². The van der Waals surface area contributed by atoms with Gasteiger partial charge in [0.25, 0.3) is 5.03 Å². The largest absolute Gasteiger partial charge is 0.587 e. The van der Waals surface area contributed by atoms with E-state index in [4.69, 9.17) is 5.41 Å². The number of imidazole rings is 1. The molecule has 5 aromatic rings. The molecule has 0 saturated heterocycles. The zero-order chi connectivity index (χ0) is 26.8. The van der Waals surface area contributed by atoms with Gasteiger partial charge in [-0.1, -0.05) is 12.1 Å². The maximum absolute atomic E-state index is 14.2.